The van der Waals surface area contributed by atoms with Crippen LogP contribution in [-0.4, -0.2) is 51.9 Å². The van der Waals surface area contributed by atoms with E-state index in [9.17, 15) is 4.79 Å². The fraction of sp³-hybridized carbons (Fsp3) is 0.348. The lowest BCUT2D eigenvalue weighted by molar-refractivity contribution is 0.102. The summed E-state index contributed by atoms with van der Waals surface area (Å²) in [4.78, 5) is 26.0. The number of nitrogens with zero attached hydrogens (tertiary/aromatic N) is 4. The number of hydrogen-bond donors (Lipinski definition) is 1. The second kappa shape index (κ2) is 9.19. The number of nitrogens with one attached hydrogen (secondary N) is 1. The minimum atomic E-state index is -0.256. The molecule has 1 fully saturated rings. The van der Waals surface area contributed by atoms with E-state index >= 15 is 0 Å². The number of pyridine rings is 1. The van der Waals surface area contributed by atoms with Gasteiger partial charge in [-0.2, -0.15) is 0 Å². The van der Waals surface area contributed by atoms with Crippen LogP contribution in [0.2, 0.25) is 0 Å². The number of amides is 1. The molecule has 1 saturated heterocycles. The van der Waals surface area contributed by atoms with Crippen molar-refractivity contribution in [3.05, 3.63) is 77.3 Å². The van der Waals surface area contributed by atoms with E-state index < -0.39 is 0 Å². The maximum absolute atomic E-state index is 12.5. The third kappa shape index (κ3) is 5.11. The Balaban J connectivity index is 1.27. The van der Waals surface area contributed by atoms with Crippen molar-refractivity contribution >= 4 is 11.6 Å². The van der Waals surface area contributed by atoms with Gasteiger partial charge in [0.2, 0.25) is 5.89 Å². The van der Waals surface area contributed by atoms with Crippen LogP contribution >= 0.6 is 0 Å². The van der Waals surface area contributed by atoms with Crippen LogP contribution in [0.3, 0.4) is 0 Å². The van der Waals surface area contributed by atoms with Gasteiger partial charge in [0.15, 0.2) is 5.69 Å². The van der Waals surface area contributed by atoms with Gasteiger partial charge in [0.05, 0.1) is 12.2 Å². The zero-order chi connectivity index (χ0) is 20.9. The van der Waals surface area contributed by atoms with E-state index in [1.54, 1.807) is 0 Å². The number of piperazine rings is 1. The van der Waals surface area contributed by atoms with Gasteiger partial charge >= 0.3 is 0 Å². The molecule has 1 aliphatic rings. The van der Waals surface area contributed by atoms with Crippen LogP contribution in [0.4, 0.5) is 5.69 Å². The van der Waals surface area contributed by atoms with Gasteiger partial charge in [0.1, 0.15) is 6.26 Å². The molecule has 0 atom stereocenters. The lowest BCUT2D eigenvalue weighted by Gasteiger charge is -2.33. The molecule has 0 spiro atoms. The summed E-state index contributed by atoms with van der Waals surface area (Å²) in [6.45, 7) is 9.34. The Morgan fingerprint density at radius 3 is 2.50 bits per heavy atom. The van der Waals surface area contributed by atoms with Gasteiger partial charge in [-0.15, -0.1) is 0 Å². The quantitative estimate of drug-likeness (QED) is 0.679. The van der Waals surface area contributed by atoms with Gasteiger partial charge in [-0.05, 0) is 49.2 Å². The molecule has 3 aromatic rings. The molecule has 1 amide bonds. The summed E-state index contributed by atoms with van der Waals surface area (Å²) in [5.74, 6) is 0.312. The van der Waals surface area contributed by atoms with Crippen molar-refractivity contribution in [1.82, 2.24) is 19.8 Å². The van der Waals surface area contributed by atoms with Crippen molar-refractivity contribution in [3.8, 4) is 0 Å². The average molecular weight is 406 g/mol. The van der Waals surface area contributed by atoms with Crippen LogP contribution in [0.1, 0.15) is 33.2 Å². The van der Waals surface area contributed by atoms with Crippen LogP contribution < -0.4 is 5.32 Å². The molecule has 4 rings (SSSR count). The molecule has 1 N–H and O–H groups in total. The van der Waals surface area contributed by atoms with Crippen molar-refractivity contribution in [2.24, 2.45) is 0 Å². The Morgan fingerprint density at radius 2 is 1.80 bits per heavy atom. The Bertz CT molecular complexity index is 994. The lowest BCUT2D eigenvalue weighted by Crippen LogP contribution is -2.45. The molecule has 1 aliphatic heterocycles. The molecule has 2 aromatic heterocycles. The first-order chi connectivity index (χ1) is 14.6. The Kier molecular flexibility index (Phi) is 6.21. The maximum atomic E-state index is 12.5. The fourth-order valence-corrected chi connectivity index (χ4v) is 3.52. The van der Waals surface area contributed by atoms with E-state index in [0.29, 0.717) is 18.1 Å². The first-order valence-corrected chi connectivity index (χ1v) is 10.2. The summed E-state index contributed by atoms with van der Waals surface area (Å²) in [5, 5.41) is 2.88. The first-order valence-electron chi connectivity index (χ1n) is 10.2. The highest BCUT2D eigenvalue weighted by molar-refractivity contribution is 6.02. The SMILES string of the molecule is Cc1ccc(NC(=O)c2coc(CN3CCN(Cc4ccccn4)CC3)n2)cc1C. The summed E-state index contributed by atoms with van der Waals surface area (Å²) in [6, 6.07) is 11.9. The Morgan fingerprint density at radius 1 is 1.03 bits per heavy atom. The predicted molar refractivity (Wildman–Crippen MR) is 115 cm³/mol. The predicted octanol–water partition coefficient (Wildman–Crippen LogP) is 3.26. The van der Waals surface area contributed by atoms with E-state index in [2.05, 4.69) is 31.2 Å². The summed E-state index contributed by atoms with van der Waals surface area (Å²) in [7, 11) is 0. The second-order valence-electron chi connectivity index (χ2n) is 7.75. The molecule has 30 heavy (non-hydrogen) atoms. The second-order valence-corrected chi connectivity index (χ2v) is 7.75. The maximum Gasteiger partial charge on any atom is 0.277 e. The summed E-state index contributed by atoms with van der Waals surface area (Å²) < 4.78 is 5.55. The van der Waals surface area contributed by atoms with Gasteiger partial charge in [0.25, 0.3) is 5.91 Å². The molecule has 0 aliphatic carbocycles. The van der Waals surface area contributed by atoms with Crippen LogP contribution in [0.5, 0.6) is 0 Å². The van der Waals surface area contributed by atoms with E-state index in [4.69, 9.17) is 4.42 Å². The molecular formula is C23H27N5O2. The summed E-state index contributed by atoms with van der Waals surface area (Å²) in [5.41, 5.74) is 4.49. The topological polar surface area (TPSA) is 74.5 Å². The number of oxazole rings is 1. The van der Waals surface area contributed by atoms with E-state index in [-0.39, 0.29) is 5.91 Å². The minimum Gasteiger partial charge on any atom is -0.447 e. The number of hydrogen-bond acceptors (Lipinski definition) is 6. The van der Waals surface area contributed by atoms with Gasteiger partial charge in [0, 0.05) is 44.6 Å². The third-order valence-electron chi connectivity index (χ3n) is 5.48. The van der Waals surface area contributed by atoms with Gasteiger partial charge < -0.3 is 9.73 Å². The lowest BCUT2D eigenvalue weighted by atomic mass is 10.1. The van der Waals surface area contributed by atoms with E-state index in [0.717, 1.165) is 49.7 Å². The summed E-state index contributed by atoms with van der Waals surface area (Å²) >= 11 is 0. The largest absolute Gasteiger partial charge is 0.447 e. The van der Waals surface area contributed by atoms with E-state index in [1.807, 2.05) is 50.4 Å². The third-order valence-corrected chi connectivity index (χ3v) is 5.48. The number of benzene rings is 1. The molecule has 0 radical (unpaired) electrons. The van der Waals surface area contributed by atoms with Crippen molar-refractivity contribution in [1.29, 1.82) is 0 Å². The number of aromatic nitrogens is 2. The Hall–Kier alpha value is -3.03. The zero-order valence-electron chi connectivity index (χ0n) is 17.5. The number of carbonyl (C=O) groups is 1. The normalized spacial score (nSPS) is 15.3. The Labute approximate surface area is 176 Å². The molecule has 3 heterocycles. The minimum absolute atomic E-state index is 0.256. The molecule has 7 nitrogen and oxygen atoms in total. The molecule has 156 valence electrons. The number of aryl methyl sites for hydroxylation is 2. The fourth-order valence-electron chi connectivity index (χ4n) is 3.52. The molecule has 0 unspecified atom stereocenters. The van der Waals surface area contributed by atoms with Gasteiger partial charge in [-0.25, -0.2) is 4.98 Å². The zero-order valence-corrected chi connectivity index (χ0v) is 17.5. The number of anilines is 1. The van der Waals surface area contributed by atoms with Crippen LogP contribution in [0, 0.1) is 13.8 Å². The van der Waals surface area contributed by atoms with Crippen molar-refractivity contribution in [2.45, 2.75) is 26.9 Å². The molecule has 1 aromatic carbocycles. The average Bonchev–Trinajstić information content (AvgIpc) is 3.22. The van der Waals surface area contributed by atoms with Crippen molar-refractivity contribution in [2.75, 3.05) is 31.5 Å². The molecule has 0 saturated carbocycles. The van der Waals surface area contributed by atoms with Crippen molar-refractivity contribution in [3.63, 3.8) is 0 Å². The first kappa shape index (κ1) is 20.3. The smallest absolute Gasteiger partial charge is 0.277 e. The highest BCUT2D eigenvalue weighted by Crippen LogP contribution is 2.16. The molecular weight excluding hydrogens is 378 g/mol. The van der Waals surface area contributed by atoms with Crippen molar-refractivity contribution < 1.29 is 9.21 Å². The van der Waals surface area contributed by atoms with Crippen LogP contribution in [0.15, 0.2) is 53.3 Å². The molecule has 7 heteroatoms. The van der Waals surface area contributed by atoms with Crippen LogP contribution in [-0.2, 0) is 13.1 Å². The van der Waals surface area contributed by atoms with E-state index in [1.165, 1.54) is 11.8 Å². The molecule has 0 bridgehead atoms. The highest BCUT2D eigenvalue weighted by atomic mass is 16.3. The monoisotopic (exact) mass is 405 g/mol. The van der Waals surface area contributed by atoms with Gasteiger partial charge in [-0.1, -0.05) is 12.1 Å². The summed E-state index contributed by atoms with van der Waals surface area (Å²) in [6.07, 6.45) is 3.27. The highest BCUT2D eigenvalue weighted by Gasteiger charge is 2.20. The standard InChI is InChI=1S/C23H27N5O2/c1-17-6-7-19(13-18(17)2)25-23(29)21-16-30-22(26-21)15-28-11-9-27(10-12-28)14-20-5-3-4-8-24-20/h3-8,13,16H,9-12,14-15H2,1-2H3,(H,25,29). The number of carbonyl (C=O) groups excluding carboxylic acids is 1. The van der Waals surface area contributed by atoms with Crippen LogP contribution in [0.25, 0.3) is 0 Å². The van der Waals surface area contributed by atoms with Gasteiger partial charge in [-0.3, -0.25) is 19.6 Å². The number of rotatable bonds is 6.